The predicted octanol–water partition coefficient (Wildman–Crippen LogP) is 3.25. The highest BCUT2D eigenvalue weighted by Gasteiger charge is 2.10. The van der Waals surface area contributed by atoms with Crippen LogP contribution < -0.4 is 4.74 Å². The van der Waals surface area contributed by atoms with E-state index in [-0.39, 0.29) is 6.61 Å². The molecule has 2 aromatic rings. The lowest BCUT2D eigenvalue weighted by Crippen LogP contribution is -2.02. The van der Waals surface area contributed by atoms with Gasteiger partial charge in [-0.2, -0.15) is 0 Å². The Kier molecular flexibility index (Phi) is 3.47. The Hall–Kier alpha value is -1.87. The third-order valence-corrected chi connectivity index (χ3v) is 3.51. The van der Waals surface area contributed by atoms with Crippen LogP contribution in [0, 0.1) is 0 Å². The van der Waals surface area contributed by atoms with Gasteiger partial charge in [-0.15, -0.1) is 0 Å². The zero-order valence-electron chi connectivity index (χ0n) is 10.8. The summed E-state index contributed by atoms with van der Waals surface area (Å²) < 4.78 is 5.84. The summed E-state index contributed by atoms with van der Waals surface area (Å²) in [6.07, 6.45) is 6.53. The van der Waals surface area contributed by atoms with Gasteiger partial charge in [0.15, 0.2) is 0 Å². The van der Waals surface area contributed by atoms with Crippen LogP contribution in [0.1, 0.15) is 29.7 Å². The Morgan fingerprint density at radius 1 is 1.00 bits per heavy atom. The lowest BCUT2D eigenvalue weighted by atomic mass is 9.92. The van der Waals surface area contributed by atoms with Gasteiger partial charge >= 0.3 is 0 Å². The molecule has 0 radical (unpaired) electrons. The maximum absolute atomic E-state index is 9.07. The highest BCUT2D eigenvalue weighted by molar-refractivity contribution is 5.39. The molecule has 0 atom stereocenters. The smallest absolute Gasteiger partial charge is 0.130 e. The maximum Gasteiger partial charge on any atom is 0.130 e. The standard InChI is InChI=1S/C16H17NO2/c18-11-14-10-16(7-8-17-14)19-15-6-5-12-3-1-2-4-13(12)9-15/h5-10,18H,1-4,11H2. The van der Waals surface area contributed by atoms with E-state index in [2.05, 4.69) is 17.1 Å². The van der Waals surface area contributed by atoms with Crippen LogP contribution in [0.3, 0.4) is 0 Å². The van der Waals surface area contributed by atoms with Crippen molar-refractivity contribution in [2.45, 2.75) is 32.3 Å². The highest BCUT2D eigenvalue weighted by Crippen LogP contribution is 2.28. The summed E-state index contributed by atoms with van der Waals surface area (Å²) in [7, 11) is 0. The van der Waals surface area contributed by atoms with Gasteiger partial charge in [0.1, 0.15) is 11.5 Å². The predicted molar refractivity (Wildman–Crippen MR) is 73.3 cm³/mol. The van der Waals surface area contributed by atoms with Crippen LogP contribution >= 0.6 is 0 Å². The summed E-state index contributed by atoms with van der Waals surface area (Å²) in [6, 6.07) is 9.88. The van der Waals surface area contributed by atoms with Gasteiger partial charge < -0.3 is 9.84 Å². The summed E-state index contributed by atoms with van der Waals surface area (Å²) in [4.78, 5) is 4.04. The minimum Gasteiger partial charge on any atom is -0.457 e. The molecule has 1 aromatic carbocycles. The molecule has 0 amide bonds. The molecule has 1 N–H and O–H groups in total. The average molecular weight is 255 g/mol. The molecule has 0 fully saturated rings. The van der Waals surface area contributed by atoms with Gasteiger partial charge in [0.05, 0.1) is 12.3 Å². The molecular weight excluding hydrogens is 238 g/mol. The van der Waals surface area contributed by atoms with Gasteiger partial charge in [-0.05, 0) is 55.0 Å². The third kappa shape index (κ3) is 2.76. The fraction of sp³-hybridized carbons (Fsp3) is 0.312. The number of aryl methyl sites for hydroxylation is 2. The fourth-order valence-corrected chi connectivity index (χ4v) is 2.52. The SMILES string of the molecule is OCc1cc(Oc2ccc3c(c2)CCCC3)ccn1. The Labute approximate surface area is 112 Å². The molecule has 1 aliphatic rings. The van der Waals surface area contributed by atoms with Crippen molar-refractivity contribution in [2.24, 2.45) is 0 Å². The molecule has 0 saturated carbocycles. The van der Waals surface area contributed by atoms with Crippen molar-refractivity contribution < 1.29 is 9.84 Å². The van der Waals surface area contributed by atoms with Gasteiger partial charge in [-0.25, -0.2) is 0 Å². The third-order valence-electron chi connectivity index (χ3n) is 3.51. The van der Waals surface area contributed by atoms with E-state index in [4.69, 9.17) is 9.84 Å². The number of nitrogens with zero attached hydrogens (tertiary/aromatic N) is 1. The number of hydrogen-bond donors (Lipinski definition) is 1. The van der Waals surface area contributed by atoms with Crippen molar-refractivity contribution in [1.29, 1.82) is 0 Å². The van der Waals surface area contributed by atoms with Crippen molar-refractivity contribution in [3.63, 3.8) is 0 Å². The number of hydrogen-bond acceptors (Lipinski definition) is 3. The molecule has 3 nitrogen and oxygen atoms in total. The average Bonchev–Trinajstić information content (AvgIpc) is 2.47. The Balaban J connectivity index is 1.82. The summed E-state index contributed by atoms with van der Waals surface area (Å²) in [6.45, 7) is -0.0681. The van der Waals surface area contributed by atoms with Gasteiger partial charge in [0, 0.05) is 12.3 Å². The van der Waals surface area contributed by atoms with Crippen molar-refractivity contribution in [2.75, 3.05) is 0 Å². The molecule has 19 heavy (non-hydrogen) atoms. The molecule has 0 bridgehead atoms. The molecule has 1 aromatic heterocycles. The van der Waals surface area contributed by atoms with Crippen molar-refractivity contribution in [3.8, 4) is 11.5 Å². The number of rotatable bonds is 3. The summed E-state index contributed by atoms with van der Waals surface area (Å²) in [5.41, 5.74) is 3.47. The number of aliphatic hydroxyl groups is 1. The molecule has 98 valence electrons. The van der Waals surface area contributed by atoms with Crippen LogP contribution in [0.5, 0.6) is 11.5 Å². The van der Waals surface area contributed by atoms with Crippen LogP contribution in [-0.4, -0.2) is 10.1 Å². The quantitative estimate of drug-likeness (QED) is 0.915. The minimum absolute atomic E-state index is 0.0681. The molecule has 0 unspecified atom stereocenters. The monoisotopic (exact) mass is 255 g/mol. The van der Waals surface area contributed by atoms with Crippen LogP contribution in [0.2, 0.25) is 0 Å². The number of pyridine rings is 1. The van der Waals surface area contributed by atoms with E-state index in [1.54, 1.807) is 18.3 Å². The van der Waals surface area contributed by atoms with E-state index in [9.17, 15) is 0 Å². The first-order chi connectivity index (χ1) is 9.35. The Morgan fingerprint density at radius 2 is 1.79 bits per heavy atom. The Bertz CT molecular complexity index is 581. The van der Waals surface area contributed by atoms with Gasteiger partial charge in [-0.3, -0.25) is 4.98 Å². The van der Waals surface area contributed by atoms with E-state index in [1.807, 2.05) is 6.07 Å². The van der Waals surface area contributed by atoms with Gasteiger partial charge in [-0.1, -0.05) is 6.07 Å². The first kappa shape index (κ1) is 12.2. The normalized spacial score (nSPS) is 13.9. The van der Waals surface area contributed by atoms with E-state index < -0.39 is 0 Å². The Morgan fingerprint density at radius 3 is 2.63 bits per heavy atom. The zero-order chi connectivity index (χ0) is 13.1. The van der Waals surface area contributed by atoms with Gasteiger partial charge in [0.2, 0.25) is 0 Å². The van der Waals surface area contributed by atoms with Crippen molar-refractivity contribution in [3.05, 3.63) is 53.3 Å². The molecule has 3 heteroatoms. The lowest BCUT2D eigenvalue weighted by Gasteiger charge is -2.16. The molecule has 1 heterocycles. The van der Waals surface area contributed by atoms with E-state index in [0.29, 0.717) is 5.69 Å². The fourth-order valence-electron chi connectivity index (χ4n) is 2.52. The first-order valence-corrected chi connectivity index (χ1v) is 6.70. The maximum atomic E-state index is 9.07. The van der Waals surface area contributed by atoms with Crippen molar-refractivity contribution >= 4 is 0 Å². The van der Waals surface area contributed by atoms with Gasteiger partial charge in [0.25, 0.3) is 0 Å². The highest BCUT2D eigenvalue weighted by atomic mass is 16.5. The summed E-state index contributed by atoms with van der Waals surface area (Å²) in [5.74, 6) is 1.57. The van der Waals surface area contributed by atoms with Crippen molar-refractivity contribution in [1.82, 2.24) is 4.98 Å². The number of fused-ring (bicyclic) bond motifs is 1. The molecular formula is C16H17NO2. The minimum atomic E-state index is -0.0681. The second-order valence-corrected chi connectivity index (χ2v) is 4.88. The number of aliphatic hydroxyl groups excluding tert-OH is 1. The van der Waals surface area contributed by atoms with Crippen LogP contribution in [0.25, 0.3) is 0 Å². The molecule has 0 saturated heterocycles. The topological polar surface area (TPSA) is 42.4 Å². The molecule has 0 aliphatic heterocycles. The molecule has 3 rings (SSSR count). The number of benzene rings is 1. The molecule has 1 aliphatic carbocycles. The van der Waals surface area contributed by atoms with E-state index >= 15 is 0 Å². The van der Waals surface area contributed by atoms with Crippen LogP contribution in [0.4, 0.5) is 0 Å². The van der Waals surface area contributed by atoms with Crippen LogP contribution in [0.15, 0.2) is 36.5 Å². The second-order valence-electron chi connectivity index (χ2n) is 4.88. The van der Waals surface area contributed by atoms with E-state index in [1.165, 1.54) is 30.4 Å². The summed E-state index contributed by atoms with van der Waals surface area (Å²) >= 11 is 0. The van der Waals surface area contributed by atoms with E-state index in [0.717, 1.165) is 17.9 Å². The zero-order valence-corrected chi connectivity index (χ0v) is 10.8. The molecule has 0 spiro atoms. The first-order valence-electron chi connectivity index (χ1n) is 6.70. The number of ether oxygens (including phenoxy) is 1. The summed E-state index contributed by atoms with van der Waals surface area (Å²) in [5, 5.41) is 9.07. The largest absolute Gasteiger partial charge is 0.457 e. The van der Waals surface area contributed by atoms with Crippen LogP contribution in [-0.2, 0) is 19.4 Å². The lowest BCUT2D eigenvalue weighted by molar-refractivity contribution is 0.276. The second kappa shape index (κ2) is 5.41. The number of aromatic nitrogens is 1.